The molecule has 1 fully saturated rings. The van der Waals surface area contributed by atoms with Crippen LogP contribution in [-0.2, 0) is 21.2 Å². The van der Waals surface area contributed by atoms with Crippen molar-refractivity contribution in [2.24, 2.45) is 16.5 Å². The minimum Gasteiger partial charge on any atom is -0.393 e. The average molecular weight is 548 g/mol. The summed E-state index contributed by atoms with van der Waals surface area (Å²) in [4.78, 5) is 29.3. The molecule has 7 N–H and O–H groups in total. The quantitative estimate of drug-likeness (QED) is 0.238. The van der Waals surface area contributed by atoms with Crippen LogP contribution in [0, 0.1) is 12.3 Å². The number of amidine groups is 2. The number of rotatable bonds is 5. The fourth-order valence-corrected chi connectivity index (χ4v) is 5.08. The molecule has 2 aromatic heterocycles. The third-order valence-corrected chi connectivity index (χ3v) is 6.87. The maximum absolute atomic E-state index is 13.0. The Bertz CT molecular complexity index is 1390. The van der Waals surface area contributed by atoms with E-state index in [1.807, 2.05) is 13.0 Å². The Hall–Kier alpha value is -4.27. The number of halogens is 3. The van der Waals surface area contributed by atoms with E-state index < -0.39 is 23.4 Å². The van der Waals surface area contributed by atoms with Gasteiger partial charge in [0, 0.05) is 31.0 Å². The van der Waals surface area contributed by atoms with Crippen molar-refractivity contribution >= 4 is 40.9 Å². The first-order chi connectivity index (χ1) is 17.9. The lowest BCUT2D eigenvalue weighted by Crippen LogP contribution is -2.32. The van der Waals surface area contributed by atoms with Gasteiger partial charge in [-0.2, -0.15) is 13.2 Å². The molecule has 200 valence electrons. The van der Waals surface area contributed by atoms with E-state index in [2.05, 4.69) is 30.6 Å². The van der Waals surface area contributed by atoms with E-state index in [4.69, 9.17) is 21.6 Å². The van der Waals surface area contributed by atoms with Crippen LogP contribution < -0.4 is 22.1 Å². The zero-order valence-electron chi connectivity index (χ0n) is 20.1. The van der Waals surface area contributed by atoms with Crippen molar-refractivity contribution in [2.45, 2.75) is 37.9 Å². The lowest BCUT2D eigenvalue weighted by atomic mass is 9.92. The molecule has 3 heterocycles. The first-order valence-electron chi connectivity index (χ1n) is 11.3. The van der Waals surface area contributed by atoms with Crippen molar-refractivity contribution < 1.29 is 22.7 Å². The molecule has 1 saturated heterocycles. The number of hydrogen-bond acceptors (Lipinski definition) is 9. The molecule has 0 spiro atoms. The second kappa shape index (κ2) is 10.6. The third kappa shape index (κ3) is 6.34. The summed E-state index contributed by atoms with van der Waals surface area (Å²) >= 11 is 1.33. The van der Waals surface area contributed by atoms with Crippen LogP contribution in [0.5, 0.6) is 0 Å². The third-order valence-electron chi connectivity index (χ3n) is 5.63. The molecule has 11 nitrogen and oxygen atoms in total. The Balaban J connectivity index is 1.67. The predicted molar refractivity (Wildman–Crippen MR) is 136 cm³/mol. The molecule has 0 aliphatic carbocycles. The monoisotopic (exact) mass is 547 g/mol. The van der Waals surface area contributed by atoms with Gasteiger partial charge in [-0.25, -0.2) is 19.9 Å². The molecular weight excluding hydrogens is 523 g/mol. The summed E-state index contributed by atoms with van der Waals surface area (Å²) in [5.74, 6) is -0.317. The Morgan fingerprint density at radius 2 is 2.05 bits per heavy atom. The number of nitrogens with one attached hydrogen (secondary N) is 3. The molecule has 0 bridgehead atoms. The molecule has 3 aromatic rings. The molecule has 15 heteroatoms. The lowest BCUT2D eigenvalue weighted by molar-refractivity contribution is -0.141. The highest BCUT2D eigenvalue weighted by molar-refractivity contribution is 7.15. The largest absolute Gasteiger partial charge is 0.433 e. The second-order valence-corrected chi connectivity index (χ2v) is 9.58. The second-order valence-electron chi connectivity index (χ2n) is 8.55. The van der Waals surface area contributed by atoms with Crippen molar-refractivity contribution in [3.8, 4) is 10.4 Å². The summed E-state index contributed by atoms with van der Waals surface area (Å²) in [6.45, 7) is 2.18. The highest BCUT2D eigenvalue weighted by atomic mass is 32.1. The fraction of sp³-hybridized carbons (Fsp3) is 0.304. The van der Waals surface area contributed by atoms with E-state index >= 15 is 0 Å². The van der Waals surface area contributed by atoms with Crippen molar-refractivity contribution in [1.82, 2.24) is 20.3 Å². The van der Waals surface area contributed by atoms with Gasteiger partial charge in [0.1, 0.15) is 16.2 Å². The van der Waals surface area contributed by atoms with E-state index in [1.54, 1.807) is 18.3 Å². The number of aromatic nitrogens is 3. The number of carbonyl (C=O) groups is 1. The number of carbonyl (C=O) groups excluding carboxylic acids is 1. The number of anilines is 2. The molecular formula is C23H24F3N9O2S. The minimum absolute atomic E-state index is 0.129. The van der Waals surface area contributed by atoms with Crippen LogP contribution in [0.25, 0.3) is 10.4 Å². The Labute approximate surface area is 219 Å². The van der Waals surface area contributed by atoms with Gasteiger partial charge in [0.2, 0.25) is 11.9 Å². The van der Waals surface area contributed by atoms with E-state index in [0.29, 0.717) is 30.1 Å². The van der Waals surface area contributed by atoms with Crippen LogP contribution in [0.3, 0.4) is 0 Å². The summed E-state index contributed by atoms with van der Waals surface area (Å²) in [5, 5.41) is 13.5. The lowest BCUT2D eigenvalue weighted by Gasteiger charge is -2.25. The molecule has 0 radical (unpaired) electrons. The number of ether oxygens (including phenoxy) is 1. The van der Waals surface area contributed by atoms with Crippen LogP contribution >= 0.6 is 11.3 Å². The van der Waals surface area contributed by atoms with Crippen molar-refractivity contribution in [3.63, 3.8) is 0 Å². The van der Waals surface area contributed by atoms with Gasteiger partial charge < -0.3 is 26.8 Å². The maximum Gasteiger partial charge on any atom is 0.433 e. The van der Waals surface area contributed by atoms with E-state index in [9.17, 15) is 18.0 Å². The standard InChI is InChI=1S/C23H24F3N9O2S/c1-12-8-13(10-14(9-12)33-21-31-6-3-16(34-21)23(24,25)26)15-11-32-18(38-15)22(35-20(29)37-19(27)28)4-2-17(36)30-7-5-22/h3,6,8-11H,2,4-5,7H2,1H3,(H3,27,28)(H2,29,35)(H,30,36)(H,31,33,34). The van der Waals surface area contributed by atoms with Gasteiger partial charge in [0.15, 0.2) is 0 Å². The molecule has 38 heavy (non-hydrogen) atoms. The molecule has 1 unspecified atom stereocenters. The molecule has 1 atom stereocenters. The Morgan fingerprint density at radius 1 is 1.26 bits per heavy atom. The van der Waals surface area contributed by atoms with Gasteiger partial charge >= 0.3 is 6.18 Å². The molecule has 1 aliphatic rings. The van der Waals surface area contributed by atoms with Gasteiger partial charge in [-0.3, -0.25) is 10.2 Å². The van der Waals surface area contributed by atoms with Crippen molar-refractivity contribution in [2.75, 3.05) is 11.9 Å². The first-order valence-corrected chi connectivity index (χ1v) is 12.1. The van der Waals surface area contributed by atoms with E-state index in [-0.39, 0.29) is 24.3 Å². The number of nitrogens with two attached hydrogens (primary N) is 2. The highest BCUT2D eigenvalue weighted by Gasteiger charge is 2.38. The van der Waals surface area contributed by atoms with Gasteiger partial charge in [0.25, 0.3) is 12.0 Å². The number of aryl methyl sites for hydroxylation is 1. The van der Waals surface area contributed by atoms with Crippen molar-refractivity contribution in [1.29, 1.82) is 5.41 Å². The van der Waals surface area contributed by atoms with Gasteiger partial charge in [0.05, 0.1) is 4.88 Å². The average Bonchev–Trinajstić information content (AvgIpc) is 3.25. The normalized spacial score (nSPS) is 18.4. The van der Waals surface area contributed by atoms with E-state index in [0.717, 1.165) is 28.3 Å². The zero-order chi connectivity index (χ0) is 27.5. The molecule has 1 aliphatic heterocycles. The number of aliphatic imine (C=N–C) groups is 1. The molecule has 4 rings (SSSR count). The molecule has 1 amide bonds. The van der Waals surface area contributed by atoms with Crippen molar-refractivity contribution in [3.05, 3.63) is 52.9 Å². The smallest absolute Gasteiger partial charge is 0.393 e. The summed E-state index contributed by atoms with van der Waals surface area (Å²) in [6.07, 6.45) is -1.02. The summed E-state index contributed by atoms with van der Waals surface area (Å²) < 4.78 is 44.1. The van der Waals surface area contributed by atoms with Crippen LogP contribution in [0.1, 0.15) is 35.5 Å². The summed E-state index contributed by atoms with van der Waals surface area (Å²) in [7, 11) is 0. The van der Waals surface area contributed by atoms with E-state index in [1.165, 1.54) is 11.3 Å². The fourth-order valence-electron chi connectivity index (χ4n) is 3.99. The predicted octanol–water partition coefficient (Wildman–Crippen LogP) is 3.39. The van der Waals surface area contributed by atoms with Crippen LogP contribution in [0.4, 0.5) is 24.8 Å². The van der Waals surface area contributed by atoms with Gasteiger partial charge in [-0.05, 0) is 49.1 Å². The number of amides is 1. The zero-order valence-corrected chi connectivity index (χ0v) is 20.9. The highest BCUT2D eigenvalue weighted by Crippen LogP contribution is 2.41. The number of benzene rings is 1. The number of alkyl halides is 3. The topological polar surface area (TPSA) is 177 Å². The van der Waals surface area contributed by atoms with Crippen LogP contribution in [0.2, 0.25) is 0 Å². The summed E-state index contributed by atoms with van der Waals surface area (Å²) in [5.41, 5.74) is 11.2. The van der Waals surface area contributed by atoms with Crippen LogP contribution in [-0.4, -0.2) is 39.4 Å². The molecule has 0 saturated carbocycles. The molecule has 1 aromatic carbocycles. The van der Waals surface area contributed by atoms with Gasteiger partial charge in [-0.15, -0.1) is 11.3 Å². The van der Waals surface area contributed by atoms with Crippen LogP contribution in [0.15, 0.2) is 41.7 Å². The summed E-state index contributed by atoms with van der Waals surface area (Å²) in [6, 6.07) is 5.27. The SMILES string of the molecule is Cc1cc(Nc2nccc(C(F)(F)F)n2)cc(-c2cnc(C3(N=C(N)OC(=N)N)CCNC(=O)CC3)s2)c1. The first kappa shape index (κ1) is 26.8. The number of hydrogen-bond donors (Lipinski definition) is 5. The minimum atomic E-state index is -4.59. The Kier molecular flexibility index (Phi) is 7.48. The number of nitrogens with zero attached hydrogens (tertiary/aromatic N) is 4. The number of thiazole rings is 1. The maximum atomic E-state index is 13.0. The van der Waals surface area contributed by atoms with Gasteiger partial charge in [-0.1, -0.05) is 6.07 Å². The Morgan fingerprint density at radius 3 is 2.79 bits per heavy atom.